The van der Waals surface area contributed by atoms with E-state index in [-0.39, 0.29) is 11.3 Å². The van der Waals surface area contributed by atoms with Gasteiger partial charge in [-0.15, -0.1) is 0 Å². The number of Topliss-reactive ketones (excluding diaryl/α,β-unsaturated/α-hetero) is 1. The first kappa shape index (κ1) is 22.8. The topological polar surface area (TPSA) is 60.9 Å². The summed E-state index contributed by atoms with van der Waals surface area (Å²) in [4.78, 5) is 30.3. The lowest BCUT2D eigenvalue weighted by Gasteiger charge is -2.30. The molecule has 178 valence electrons. The second kappa shape index (κ2) is 9.37. The number of ketones is 1. The van der Waals surface area contributed by atoms with Gasteiger partial charge in [-0.25, -0.2) is 4.39 Å². The Balaban J connectivity index is 1.60. The number of carbonyl (C=O) groups is 2. The summed E-state index contributed by atoms with van der Waals surface area (Å²) in [5.74, 6) is -2.19. The Hall–Kier alpha value is -3.93. The molecule has 1 unspecified atom stereocenters. The van der Waals surface area contributed by atoms with Gasteiger partial charge in [0.25, 0.3) is 11.7 Å². The number of rotatable bonds is 4. The van der Waals surface area contributed by atoms with Gasteiger partial charge >= 0.3 is 0 Å². The molecule has 2 fully saturated rings. The Morgan fingerprint density at radius 3 is 2.20 bits per heavy atom. The minimum atomic E-state index is -0.803. The van der Waals surface area contributed by atoms with Gasteiger partial charge in [0.2, 0.25) is 0 Å². The Morgan fingerprint density at radius 2 is 1.54 bits per heavy atom. The smallest absolute Gasteiger partial charge is 0.300 e. The molecule has 2 aliphatic heterocycles. The SMILES string of the molecule is Cc1cc(/C(O)=C2/C(=O)C(=O)N(c3ccc(N4CCCCC4)cc3)C2c2ccccc2)ccc1F. The van der Waals surface area contributed by atoms with Gasteiger partial charge in [-0.1, -0.05) is 30.3 Å². The molecule has 5 rings (SSSR count). The van der Waals surface area contributed by atoms with E-state index in [1.165, 1.54) is 29.5 Å². The van der Waals surface area contributed by atoms with Gasteiger partial charge in [0.15, 0.2) is 0 Å². The summed E-state index contributed by atoms with van der Waals surface area (Å²) in [6.07, 6.45) is 3.56. The number of hydrogen-bond acceptors (Lipinski definition) is 4. The predicted molar refractivity (Wildman–Crippen MR) is 135 cm³/mol. The van der Waals surface area contributed by atoms with E-state index in [4.69, 9.17) is 0 Å². The molecule has 0 spiro atoms. The van der Waals surface area contributed by atoms with Crippen molar-refractivity contribution in [3.63, 3.8) is 0 Å². The molecule has 2 aliphatic rings. The molecule has 3 aromatic rings. The molecule has 1 amide bonds. The van der Waals surface area contributed by atoms with Crippen molar-refractivity contribution < 1.29 is 19.1 Å². The molecule has 2 heterocycles. The number of aryl methyl sites for hydroxylation is 1. The van der Waals surface area contributed by atoms with E-state index in [0.717, 1.165) is 31.6 Å². The van der Waals surface area contributed by atoms with Crippen LogP contribution < -0.4 is 9.80 Å². The number of halogens is 1. The molecular formula is C29H27FN2O3. The van der Waals surface area contributed by atoms with E-state index in [2.05, 4.69) is 4.90 Å². The third kappa shape index (κ3) is 4.20. The van der Waals surface area contributed by atoms with Crippen molar-refractivity contribution in [1.29, 1.82) is 0 Å². The fourth-order valence-corrected chi connectivity index (χ4v) is 4.97. The van der Waals surface area contributed by atoms with Crippen molar-refractivity contribution in [3.8, 4) is 0 Å². The lowest BCUT2D eigenvalue weighted by Crippen LogP contribution is -2.30. The number of aliphatic hydroxyl groups excluding tert-OH is 1. The average Bonchev–Trinajstić information content (AvgIpc) is 3.16. The fourth-order valence-electron chi connectivity index (χ4n) is 4.97. The van der Waals surface area contributed by atoms with E-state index in [9.17, 15) is 19.1 Å². The van der Waals surface area contributed by atoms with Gasteiger partial charge in [0.1, 0.15) is 11.6 Å². The summed E-state index contributed by atoms with van der Waals surface area (Å²) in [5.41, 5.74) is 3.00. The van der Waals surface area contributed by atoms with E-state index in [1.807, 2.05) is 54.6 Å². The lowest BCUT2D eigenvalue weighted by atomic mass is 9.94. The zero-order valence-electron chi connectivity index (χ0n) is 19.6. The van der Waals surface area contributed by atoms with E-state index >= 15 is 0 Å². The molecule has 1 atom stereocenters. The third-order valence-corrected chi connectivity index (χ3v) is 6.84. The Morgan fingerprint density at radius 1 is 0.886 bits per heavy atom. The number of nitrogens with zero attached hydrogens (tertiary/aromatic N) is 2. The van der Waals surface area contributed by atoms with Crippen LogP contribution in [0.15, 0.2) is 78.4 Å². The normalized spacial score (nSPS) is 19.9. The fraction of sp³-hybridized carbons (Fsp3) is 0.241. The summed E-state index contributed by atoms with van der Waals surface area (Å²) < 4.78 is 13.8. The van der Waals surface area contributed by atoms with Crippen LogP contribution in [-0.2, 0) is 9.59 Å². The maximum atomic E-state index is 13.8. The highest BCUT2D eigenvalue weighted by Crippen LogP contribution is 2.42. The molecular weight excluding hydrogens is 443 g/mol. The van der Waals surface area contributed by atoms with Gasteiger partial charge in [0, 0.05) is 30.0 Å². The number of carbonyl (C=O) groups excluding carboxylic acids is 2. The van der Waals surface area contributed by atoms with Crippen LogP contribution in [0.4, 0.5) is 15.8 Å². The highest BCUT2D eigenvalue weighted by molar-refractivity contribution is 6.51. The molecule has 0 bridgehead atoms. The van der Waals surface area contributed by atoms with Crippen molar-refractivity contribution in [3.05, 3.63) is 101 Å². The van der Waals surface area contributed by atoms with Crippen LogP contribution in [0.2, 0.25) is 0 Å². The molecule has 35 heavy (non-hydrogen) atoms. The molecule has 0 saturated carbocycles. The number of aliphatic hydroxyl groups is 1. The molecule has 1 N–H and O–H groups in total. The largest absolute Gasteiger partial charge is 0.507 e. The second-order valence-electron chi connectivity index (χ2n) is 9.11. The van der Waals surface area contributed by atoms with Crippen LogP contribution in [0.5, 0.6) is 0 Å². The van der Waals surface area contributed by atoms with Crippen LogP contribution in [-0.4, -0.2) is 29.9 Å². The number of piperidine rings is 1. The zero-order valence-corrected chi connectivity index (χ0v) is 19.6. The van der Waals surface area contributed by atoms with Crippen molar-refractivity contribution in [2.24, 2.45) is 0 Å². The molecule has 0 aliphatic carbocycles. The van der Waals surface area contributed by atoms with Gasteiger partial charge in [-0.3, -0.25) is 14.5 Å². The Kier molecular flexibility index (Phi) is 6.12. The molecule has 6 heteroatoms. The standard InChI is InChI=1S/C29H27FN2O3/c1-19-18-21(10-15-24(19)30)27(33)25-26(20-8-4-2-5-9-20)32(29(35)28(25)34)23-13-11-22(12-14-23)31-16-6-3-7-17-31/h2,4-5,8-15,18,26,33H,3,6-7,16-17H2,1H3/b27-25-. The van der Waals surface area contributed by atoms with Crippen LogP contribution in [0.25, 0.3) is 5.76 Å². The highest BCUT2D eigenvalue weighted by Gasteiger charge is 2.47. The summed E-state index contributed by atoms with van der Waals surface area (Å²) in [6.45, 7) is 3.60. The van der Waals surface area contributed by atoms with Gasteiger partial charge in [0.05, 0.1) is 11.6 Å². The van der Waals surface area contributed by atoms with Crippen LogP contribution in [0.1, 0.15) is 42.0 Å². The first-order valence-electron chi connectivity index (χ1n) is 11.9. The van der Waals surface area contributed by atoms with E-state index in [0.29, 0.717) is 22.4 Å². The molecule has 3 aromatic carbocycles. The minimum Gasteiger partial charge on any atom is -0.507 e. The van der Waals surface area contributed by atoms with Gasteiger partial charge < -0.3 is 10.0 Å². The summed E-state index contributed by atoms with van der Waals surface area (Å²) in [5, 5.41) is 11.2. The second-order valence-corrected chi connectivity index (χ2v) is 9.11. The quantitative estimate of drug-likeness (QED) is 0.300. The van der Waals surface area contributed by atoms with E-state index in [1.54, 1.807) is 6.92 Å². The van der Waals surface area contributed by atoms with Gasteiger partial charge in [-0.05, 0) is 79.8 Å². The number of amides is 1. The third-order valence-electron chi connectivity index (χ3n) is 6.84. The molecule has 2 saturated heterocycles. The van der Waals surface area contributed by atoms with Crippen molar-refractivity contribution in [2.45, 2.75) is 32.2 Å². The maximum Gasteiger partial charge on any atom is 0.300 e. The molecule has 5 nitrogen and oxygen atoms in total. The van der Waals surface area contributed by atoms with Crippen molar-refractivity contribution in [1.82, 2.24) is 0 Å². The number of hydrogen-bond donors (Lipinski definition) is 1. The van der Waals surface area contributed by atoms with Crippen molar-refractivity contribution >= 4 is 28.8 Å². The van der Waals surface area contributed by atoms with Crippen LogP contribution in [0.3, 0.4) is 0 Å². The monoisotopic (exact) mass is 470 g/mol. The zero-order chi connectivity index (χ0) is 24.5. The average molecular weight is 471 g/mol. The summed E-state index contributed by atoms with van der Waals surface area (Å²) in [7, 11) is 0. The summed E-state index contributed by atoms with van der Waals surface area (Å²) >= 11 is 0. The maximum absolute atomic E-state index is 13.8. The minimum absolute atomic E-state index is 0.00712. The van der Waals surface area contributed by atoms with Crippen molar-refractivity contribution in [2.75, 3.05) is 22.9 Å². The lowest BCUT2D eigenvalue weighted by molar-refractivity contribution is -0.132. The predicted octanol–water partition coefficient (Wildman–Crippen LogP) is 5.75. The van der Waals surface area contributed by atoms with Crippen LogP contribution >= 0.6 is 0 Å². The van der Waals surface area contributed by atoms with Gasteiger partial charge in [-0.2, -0.15) is 0 Å². The highest BCUT2D eigenvalue weighted by atomic mass is 19.1. The Bertz CT molecular complexity index is 1300. The number of anilines is 2. The van der Waals surface area contributed by atoms with E-state index < -0.39 is 23.5 Å². The Labute approximate surface area is 204 Å². The molecule has 0 radical (unpaired) electrons. The summed E-state index contributed by atoms with van der Waals surface area (Å²) in [6, 6.07) is 20.2. The first-order chi connectivity index (χ1) is 17.0. The molecule has 0 aromatic heterocycles. The first-order valence-corrected chi connectivity index (χ1v) is 11.9. The number of benzene rings is 3. The van der Waals surface area contributed by atoms with Crippen LogP contribution in [0, 0.1) is 12.7 Å².